The first-order chi connectivity index (χ1) is 16.4. The first-order valence-corrected chi connectivity index (χ1v) is 22.1. The Morgan fingerprint density at radius 1 is 0.694 bits per heavy atom. The molecule has 36 heavy (non-hydrogen) atoms. The van der Waals surface area contributed by atoms with Gasteiger partial charge in [0.15, 0.2) is 0 Å². The number of rotatable bonds is 20. The van der Waals surface area contributed by atoms with Crippen molar-refractivity contribution >= 4 is 22.3 Å². The van der Waals surface area contributed by atoms with Crippen LogP contribution in [0.5, 0.6) is 0 Å². The lowest BCUT2D eigenvalue weighted by Gasteiger charge is -2.30. The molecule has 2 atom stereocenters. The van der Waals surface area contributed by atoms with Crippen LogP contribution in [-0.2, 0) is 9.47 Å². The fraction of sp³-hybridized carbons (Fsp3) is 0.966. The van der Waals surface area contributed by atoms with E-state index in [1.54, 1.807) is 0 Å². The van der Waals surface area contributed by atoms with Gasteiger partial charge in [0.05, 0.1) is 13.2 Å². The molecule has 7 heteroatoms. The molecule has 0 aromatic rings. The fourth-order valence-corrected chi connectivity index (χ4v) is 5.88. The first kappa shape index (κ1) is 35.6. The van der Waals surface area contributed by atoms with E-state index in [0.717, 1.165) is 51.6 Å². The van der Waals surface area contributed by atoms with Crippen molar-refractivity contribution < 1.29 is 14.3 Å². The van der Waals surface area contributed by atoms with E-state index in [1.807, 2.05) is 0 Å². The van der Waals surface area contributed by atoms with Crippen LogP contribution in [0.4, 0.5) is 4.79 Å². The lowest BCUT2D eigenvalue weighted by atomic mass is 9.82. The number of nitrogens with one attached hydrogen (secondary N) is 2. The van der Waals surface area contributed by atoms with Crippen molar-refractivity contribution in [3.05, 3.63) is 0 Å². The largest absolute Gasteiger partial charge is 0.508 e. The summed E-state index contributed by atoms with van der Waals surface area (Å²) in [7, 11) is -2.14. The molecule has 0 aliphatic heterocycles. The van der Waals surface area contributed by atoms with Crippen LogP contribution in [0.1, 0.15) is 80.1 Å². The van der Waals surface area contributed by atoms with Crippen molar-refractivity contribution in [2.45, 2.75) is 144 Å². The summed E-state index contributed by atoms with van der Waals surface area (Å²) in [6.07, 6.45) is 5.60. The Kier molecular flexibility index (Phi) is 16.4. The summed E-state index contributed by atoms with van der Waals surface area (Å²) in [5, 5.41) is 7.51. The van der Waals surface area contributed by atoms with E-state index in [2.05, 4.69) is 91.5 Å². The Labute approximate surface area is 227 Å². The van der Waals surface area contributed by atoms with Crippen molar-refractivity contribution in [3.63, 3.8) is 0 Å². The van der Waals surface area contributed by atoms with Crippen LogP contribution in [0.25, 0.3) is 0 Å². The van der Waals surface area contributed by atoms with Crippen molar-refractivity contribution in [2.24, 2.45) is 10.8 Å². The molecule has 0 rings (SSSR count). The monoisotopic (exact) mass is 544 g/mol. The number of ether oxygens (including phenoxy) is 2. The van der Waals surface area contributed by atoms with Crippen molar-refractivity contribution in [1.29, 1.82) is 0 Å². The smallest absolute Gasteiger partial charge is 0.434 e. The van der Waals surface area contributed by atoms with Gasteiger partial charge < -0.3 is 20.1 Å². The summed E-state index contributed by atoms with van der Waals surface area (Å²) in [4.78, 5) is 12.3. The van der Waals surface area contributed by atoms with E-state index in [4.69, 9.17) is 9.47 Å². The van der Waals surface area contributed by atoms with Gasteiger partial charge in [-0.3, -0.25) is 0 Å². The van der Waals surface area contributed by atoms with Crippen LogP contribution in [-0.4, -0.2) is 60.7 Å². The van der Waals surface area contributed by atoms with Crippen LogP contribution >= 0.6 is 0 Å². The van der Waals surface area contributed by atoms with Crippen molar-refractivity contribution in [1.82, 2.24) is 10.6 Å². The Balaban J connectivity index is 4.61. The second-order valence-corrected chi connectivity index (χ2v) is 26.1. The molecule has 0 bridgehead atoms. The molecule has 5 nitrogen and oxygen atoms in total. The van der Waals surface area contributed by atoms with Crippen LogP contribution in [0, 0.1) is 10.8 Å². The molecular weight excluding hydrogens is 481 g/mol. The molecule has 0 unspecified atom stereocenters. The molecule has 0 heterocycles. The summed E-state index contributed by atoms with van der Waals surface area (Å²) in [5.74, 6) is 0. The molecule has 0 fully saturated rings. The SMILES string of the molecule is CCC(C)(C)C[C@@H](CCOC(=O)OCC[C@H](CC(C)(C)CC)NCC[Si](C)(C)C)NCC[Si](C)(C)C. The highest BCUT2D eigenvalue weighted by Gasteiger charge is 2.24. The zero-order chi connectivity index (χ0) is 28.0. The summed E-state index contributed by atoms with van der Waals surface area (Å²) < 4.78 is 11.0. The molecule has 0 aromatic heterocycles. The predicted octanol–water partition coefficient (Wildman–Crippen LogP) is 8.17. The van der Waals surface area contributed by atoms with Gasteiger partial charge in [-0.25, -0.2) is 4.79 Å². The Hall–Kier alpha value is -0.376. The highest BCUT2D eigenvalue weighted by Crippen LogP contribution is 2.28. The minimum Gasteiger partial charge on any atom is -0.434 e. The normalized spacial score (nSPS) is 15.0. The van der Waals surface area contributed by atoms with E-state index in [1.165, 1.54) is 12.1 Å². The van der Waals surface area contributed by atoms with Crippen LogP contribution in [0.3, 0.4) is 0 Å². The molecule has 0 radical (unpaired) electrons. The summed E-state index contributed by atoms with van der Waals surface area (Å²) in [5.41, 5.74) is 0.558. The topological polar surface area (TPSA) is 59.6 Å². The lowest BCUT2D eigenvalue weighted by molar-refractivity contribution is 0.0480. The van der Waals surface area contributed by atoms with Gasteiger partial charge in [-0.15, -0.1) is 0 Å². The minimum atomic E-state index is -1.07. The Morgan fingerprint density at radius 2 is 1.03 bits per heavy atom. The van der Waals surface area contributed by atoms with Gasteiger partial charge in [-0.1, -0.05) is 93.7 Å². The van der Waals surface area contributed by atoms with Crippen LogP contribution in [0.15, 0.2) is 0 Å². The molecule has 0 saturated heterocycles. The number of carbonyl (C=O) groups is 1. The summed E-state index contributed by atoms with van der Waals surface area (Å²) >= 11 is 0. The highest BCUT2D eigenvalue weighted by atomic mass is 28.3. The van der Waals surface area contributed by atoms with Crippen LogP contribution < -0.4 is 10.6 Å². The third kappa shape index (κ3) is 20.7. The van der Waals surface area contributed by atoms with Crippen molar-refractivity contribution in [3.8, 4) is 0 Å². The molecule has 216 valence electrons. The average Bonchev–Trinajstić information content (AvgIpc) is 2.71. The number of carbonyl (C=O) groups excluding carboxylic acids is 1. The molecule has 2 N–H and O–H groups in total. The van der Waals surface area contributed by atoms with E-state index < -0.39 is 22.3 Å². The van der Waals surface area contributed by atoms with Crippen LogP contribution in [0.2, 0.25) is 51.4 Å². The molecule has 0 saturated carbocycles. The minimum absolute atomic E-state index is 0.279. The summed E-state index contributed by atoms with van der Waals surface area (Å²) in [6, 6.07) is 3.25. The first-order valence-electron chi connectivity index (χ1n) is 14.6. The van der Waals surface area contributed by atoms with Gasteiger partial charge in [0.1, 0.15) is 0 Å². The van der Waals surface area contributed by atoms with E-state index in [9.17, 15) is 4.79 Å². The molecular formula is C29H64N2O3Si2. The van der Waals surface area contributed by atoms with Crippen molar-refractivity contribution in [2.75, 3.05) is 26.3 Å². The second kappa shape index (κ2) is 16.6. The third-order valence-corrected chi connectivity index (χ3v) is 11.0. The number of hydrogen-bond acceptors (Lipinski definition) is 5. The van der Waals surface area contributed by atoms with E-state index in [-0.39, 0.29) is 10.8 Å². The maximum absolute atomic E-state index is 12.3. The molecule has 0 aliphatic carbocycles. The van der Waals surface area contributed by atoms with Gasteiger partial charge in [-0.2, -0.15) is 0 Å². The van der Waals surface area contributed by atoms with E-state index in [0.29, 0.717) is 25.3 Å². The maximum Gasteiger partial charge on any atom is 0.508 e. The molecule has 0 amide bonds. The number of hydrogen-bond donors (Lipinski definition) is 2. The maximum atomic E-state index is 12.3. The second-order valence-electron chi connectivity index (χ2n) is 14.9. The highest BCUT2D eigenvalue weighted by molar-refractivity contribution is 6.76. The van der Waals surface area contributed by atoms with Gasteiger partial charge in [0.2, 0.25) is 0 Å². The predicted molar refractivity (Wildman–Crippen MR) is 164 cm³/mol. The lowest BCUT2D eigenvalue weighted by Crippen LogP contribution is -2.38. The fourth-order valence-electron chi connectivity index (χ4n) is 4.09. The Morgan fingerprint density at radius 3 is 1.31 bits per heavy atom. The zero-order valence-electron chi connectivity index (χ0n) is 26.4. The standard InChI is InChI=1S/C29H64N2O3Si2/c1-13-28(3,4)23-25(30-17-21-35(7,8)9)15-19-33-27(32)34-20-16-26(24-29(5,6)14-2)31-18-22-36(10,11)12/h25-26,30-31H,13-24H2,1-12H3/t25-,26-/m1/s1. The Bertz CT molecular complexity index is 548. The third-order valence-electron chi connectivity index (χ3n) is 7.50. The average molecular weight is 545 g/mol. The zero-order valence-corrected chi connectivity index (χ0v) is 28.4. The van der Waals surface area contributed by atoms with Gasteiger partial charge in [-0.05, 0) is 61.7 Å². The van der Waals surface area contributed by atoms with Gasteiger partial charge >= 0.3 is 6.16 Å². The van der Waals surface area contributed by atoms with E-state index >= 15 is 0 Å². The quantitative estimate of drug-likeness (QED) is 0.120. The molecule has 0 spiro atoms. The molecule has 0 aromatic carbocycles. The van der Waals surface area contributed by atoms with Gasteiger partial charge in [0.25, 0.3) is 0 Å². The molecule has 0 aliphatic rings. The van der Waals surface area contributed by atoms with Gasteiger partial charge in [0, 0.05) is 28.2 Å². The summed E-state index contributed by atoms with van der Waals surface area (Å²) in [6.45, 7) is 31.2.